The Hall–Kier alpha value is -1.26. The Labute approximate surface area is 149 Å². The van der Waals surface area contributed by atoms with E-state index in [2.05, 4.69) is 8.83 Å². The molecule has 0 aliphatic carbocycles. The van der Waals surface area contributed by atoms with Crippen molar-refractivity contribution in [3.8, 4) is 0 Å². The largest absolute Gasteiger partial charge is 0.481 e. The zero-order chi connectivity index (χ0) is 19.0. The summed E-state index contributed by atoms with van der Waals surface area (Å²) in [5, 5.41) is 19.8. The molecule has 18 heteroatoms. The van der Waals surface area contributed by atoms with Gasteiger partial charge >= 0.3 is 21.3 Å². The van der Waals surface area contributed by atoms with E-state index in [1.807, 2.05) is 4.98 Å². The van der Waals surface area contributed by atoms with Gasteiger partial charge in [0.2, 0.25) is 0 Å². The smallest absolute Gasteiger partial charge is 0.412 e. The lowest BCUT2D eigenvalue weighted by Gasteiger charge is -2.17. The first-order chi connectivity index (χ1) is 11.4. The second kappa shape index (κ2) is 9.29. The molecule has 1 aromatic rings. The molecule has 1 unspecified atom stereocenters. The zero-order valence-corrected chi connectivity index (χ0v) is 14.9. The van der Waals surface area contributed by atoms with E-state index >= 15 is 0 Å². The lowest BCUT2D eigenvalue weighted by atomic mass is 10.1. The predicted molar refractivity (Wildman–Crippen MR) is 83.4 cm³/mol. The number of nitrogens with zero attached hydrogens (tertiary/aromatic N) is 1. The van der Waals surface area contributed by atoms with Gasteiger partial charge in [0.1, 0.15) is 18.3 Å². The van der Waals surface area contributed by atoms with Crippen molar-refractivity contribution in [1.29, 1.82) is 0 Å². The summed E-state index contributed by atoms with van der Waals surface area (Å²) in [4.78, 5) is 50.7. The first kappa shape index (κ1) is 25.7. The van der Waals surface area contributed by atoms with Crippen LogP contribution in [0.5, 0.6) is 0 Å². The second-order valence-electron chi connectivity index (χ2n) is 4.90. The highest BCUT2D eigenvalue weighted by molar-refractivity contribution is 7.60. The molecule has 16 nitrogen and oxygen atoms in total. The Morgan fingerprint density at radius 2 is 1.74 bits per heavy atom. The molecular formula is C9H18N2O14P2. The van der Waals surface area contributed by atoms with E-state index < -0.39 is 58.0 Å². The van der Waals surface area contributed by atoms with Gasteiger partial charge in [-0.3, -0.25) is 18.9 Å². The maximum atomic E-state index is 11.7. The SMILES string of the molecule is O.O.O=c1ccn([C@@H]2O[C@H](COP(=O)(O)OP(=O)(O)O)[C@@H](O)[C@H]2O)c(=O)[nH]1. The molecule has 1 aliphatic heterocycles. The van der Waals surface area contributed by atoms with Gasteiger partial charge in [0.25, 0.3) is 5.56 Å². The minimum Gasteiger partial charge on any atom is -0.412 e. The zero-order valence-electron chi connectivity index (χ0n) is 13.1. The lowest BCUT2D eigenvalue weighted by Crippen LogP contribution is -2.37. The van der Waals surface area contributed by atoms with E-state index in [1.165, 1.54) is 0 Å². The number of H-pyrrole nitrogens is 1. The summed E-state index contributed by atoms with van der Waals surface area (Å²) < 4.78 is 35.6. The summed E-state index contributed by atoms with van der Waals surface area (Å²) in [7, 11) is -10.5. The second-order valence-corrected chi connectivity index (χ2v) is 7.73. The van der Waals surface area contributed by atoms with Crippen molar-refractivity contribution in [3.05, 3.63) is 33.1 Å². The molecule has 0 radical (unpaired) electrons. The number of aliphatic hydroxyl groups is 2. The monoisotopic (exact) mass is 440 g/mol. The van der Waals surface area contributed by atoms with Crippen LogP contribution in [0.3, 0.4) is 0 Å². The number of aromatic nitrogens is 2. The van der Waals surface area contributed by atoms with Crippen molar-refractivity contribution in [2.24, 2.45) is 0 Å². The Morgan fingerprint density at radius 1 is 1.15 bits per heavy atom. The summed E-state index contributed by atoms with van der Waals surface area (Å²) in [5.74, 6) is 0. The fourth-order valence-electron chi connectivity index (χ4n) is 2.05. The molecule has 0 aromatic carbocycles. The van der Waals surface area contributed by atoms with Crippen LogP contribution in [0.25, 0.3) is 0 Å². The van der Waals surface area contributed by atoms with Gasteiger partial charge in [0.15, 0.2) is 6.23 Å². The number of hydrogen-bond acceptors (Lipinski definition) is 9. The normalized spacial score (nSPS) is 27.3. The molecule has 158 valence electrons. The molecule has 2 rings (SSSR count). The number of nitrogens with one attached hydrogen (secondary N) is 1. The molecule has 27 heavy (non-hydrogen) atoms. The van der Waals surface area contributed by atoms with Crippen LogP contribution in [-0.2, 0) is 22.7 Å². The number of rotatable bonds is 6. The van der Waals surface area contributed by atoms with Crippen LogP contribution in [0.4, 0.5) is 0 Å². The molecular weight excluding hydrogens is 422 g/mol. The molecule has 1 aromatic heterocycles. The van der Waals surface area contributed by atoms with Crippen molar-refractivity contribution in [1.82, 2.24) is 9.55 Å². The Kier molecular flexibility index (Phi) is 8.86. The van der Waals surface area contributed by atoms with E-state index in [-0.39, 0.29) is 11.0 Å². The van der Waals surface area contributed by atoms with E-state index in [1.54, 1.807) is 0 Å². The third kappa shape index (κ3) is 6.69. The number of phosphoric acid groups is 2. The molecule has 5 atom stereocenters. The molecule has 1 fully saturated rings. The fraction of sp³-hybridized carbons (Fsp3) is 0.556. The highest BCUT2D eigenvalue weighted by Crippen LogP contribution is 2.57. The van der Waals surface area contributed by atoms with Crippen molar-refractivity contribution in [3.63, 3.8) is 0 Å². The topological polar surface area (TPSA) is 281 Å². The van der Waals surface area contributed by atoms with Gasteiger partial charge in [-0.15, -0.1) is 0 Å². The average molecular weight is 440 g/mol. The van der Waals surface area contributed by atoms with Crippen LogP contribution in [0, 0.1) is 0 Å². The van der Waals surface area contributed by atoms with Gasteiger partial charge in [-0.1, -0.05) is 0 Å². The van der Waals surface area contributed by atoms with E-state index in [0.717, 1.165) is 16.8 Å². The minimum absolute atomic E-state index is 0. The number of aliphatic hydroxyl groups excluding tert-OH is 2. The fourth-order valence-corrected chi connectivity index (χ4v) is 3.65. The van der Waals surface area contributed by atoms with Crippen LogP contribution in [0.15, 0.2) is 21.9 Å². The number of aromatic amines is 1. The molecule has 1 saturated heterocycles. The maximum absolute atomic E-state index is 11.7. The maximum Gasteiger partial charge on any atom is 0.481 e. The summed E-state index contributed by atoms with van der Waals surface area (Å²) in [5.41, 5.74) is -1.65. The highest BCUT2D eigenvalue weighted by Gasteiger charge is 2.45. The van der Waals surface area contributed by atoms with Crippen LogP contribution >= 0.6 is 15.6 Å². The van der Waals surface area contributed by atoms with Gasteiger partial charge in [-0.2, -0.15) is 4.31 Å². The van der Waals surface area contributed by atoms with Crippen molar-refractivity contribution in [2.45, 2.75) is 24.5 Å². The summed E-state index contributed by atoms with van der Waals surface area (Å²) in [6.45, 7) is -0.902. The number of ether oxygens (including phenoxy) is 1. The summed E-state index contributed by atoms with van der Waals surface area (Å²) in [6, 6.07) is 0.962. The average Bonchev–Trinajstić information content (AvgIpc) is 2.71. The van der Waals surface area contributed by atoms with Crippen molar-refractivity contribution in [2.75, 3.05) is 6.61 Å². The standard InChI is InChI=1S/C9H14N2O12P2.2H2O/c12-5-1-2-11(9(15)10-5)8-7(14)6(13)4(22-8)3-21-25(19,20)23-24(16,17)18;;/h1-2,4,6-8,13-14H,3H2,(H,19,20)(H,10,12,15)(H2,16,17,18);2*1H2/t4-,6-,7-,8-;;/m1../s1. The molecule has 0 saturated carbocycles. The molecule has 1 aliphatic rings. The van der Waals surface area contributed by atoms with Crippen LogP contribution in [-0.4, -0.2) is 70.3 Å². The molecule has 2 heterocycles. The molecule has 0 bridgehead atoms. The van der Waals surface area contributed by atoms with Gasteiger partial charge in [0, 0.05) is 12.3 Å². The lowest BCUT2D eigenvalue weighted by molar-refractivity contribution is -0.0542. The van der Waals surface area contributed by atoms with Gasteiger partial charge in [0.05, 0.1) is 6.61 Å². The van der Waals surface area contributed by atoms with Gasteiger partial charge in [-0.25, -0.2) is 13.9 Å². The molecule has 0 spiro atoms. The third-order valence-electron chi connectivity index (χ3n) is 3.07. The molecule has 10 N–H and O–H groups in total. The number of hydrogen-bond donors (Lipinski definition) is 6. The first-order valence-electron chi connectivity index (χ1n) is 6.47. The van der Waals surface area contributed by atoms with Gasteiger partial charge < -0.3 is 40.6 Å². The van der Waals surface area contributed by atoms with Crippen LogP contribution in [0.2, 0.25) is 0 Å². The van der Waals surface area contributed by atoms with Crippen molar-refractivity contribution >= 4 is 15.6 Å². The van der Waals surface area contributed by atoms with Crippen LogP contribution < -0.4 is 11.2 Å². The van der Waals surface area contributed by atoms with Crippen molar-refractivity contribution < 1.29 is 58.5 Å². The van der Waals surface area contributed by atoms with E-state index in [0.29, 0.717) is 0 Å². The quantitative estimate of drug-likeness (QED) is 0.229. The van der Waals surface area contributed by atoms with Crippen LogP contribution in [0.1, 0.15) is 6.23 Å². The Morgan fingerprint density at radius 3 is 2.26 bits per heavy atom. The summed E-state index contributed by atoms with van der Waals surface area (Å²) >= 11 is 0. The minimum atomic E-state index is -5.32. The molecule has 0 amide bonds. The van der Waals surface area contributed by atoms with E-state index in [9.17, 15) is 28.9 Å². The van der Waals surface area contributed by atoms with Gasteiger partial charge in [-0.05, 0) is 0 Å². The Bertz CT molecular complexity index is 830. The summed E-state index contributed by atoms with van der Waals surface area (Å²) in [6.07, 6.45) is -5.25. The third-order valence-corrected chi connectivity index (χ3v) is 5.23. The van der Waals surface area contributed by atoms with E-state index in [4.69, 9.17) is 19.4 Å². The Balaban J connectivity index is 0.00000338. The highest BCUT2D eigenvalue weighted by atomic mass is 31.3. The first-order valence-corrected chi connectivity index (χ1v) is 9.49. The number of phosphoric ester groups is 1. The predicted octanol–water partition coefficient (Wildman–Crippen LogP) is -4.27.